The van der Waals surface area contributed by atoms with Crippen molar-refractivity contribution >= 4 is 37.5 Å². The molecule has 0 saturated heterocycles. The van der Waals surface area contributed by atoms with Gasteiger partial charge >= 0.3 is 0 Å². The second-order valence-electron chi connectivity index (χ2n) is 4.16. The molecule has 3 aromatic rings. The van der Waals surface area contributed by atoms with Gasteiger partial charge in [-0.25, -0.2) is 4.98 Å². The molecule has 0 bridgehead atoms. The normalized spacial score (nSPS) is 11.0. The number of fused-ring (bicyclic) bond motifs is 1. The monoisotopic (exact) mass is 319 g/mol. The number of aryl methyl sites for hydroxylation is 1. The molecule has 3 rings (SSSR count). The summed E-state index contributed by atoms with van der Waals surface area (Å²) in [7, 11) is 0. The highest BCUT2D eigenvalue weighted by Crippen LogP contribution is 2.34. The minimum Gasteiger partial charge on any atom is -0.507 e. The first-order valence-corrected chi connectivity index (χ1v) is 7.10. The average Bonchev–Trinajstić information content (AvgIpc) is 2.75. The molecule has 1 N–H and O–H groups in total. The fourth-order valence-electron chi connectivity index (χ4n) is 1.80. The van der Waals surface area contributed by atoms with Crippen LogP contribution in [0.1, 0.15) is 5.56 Å². The largest absolute Gasteiger partial charge is 0.507 e. The van der Waals surface area contributed by atoms with E-state index in [2.05, 4.69) is 40.0 Å². The molecule has 0 unspecified atom stereocenters. The third kappa shape index (κ3) is 2.02. The highest BCUT2D eigenvalue weighted by molar-refractivity contribution is 9.10. The Labute approximate surface area is 117 Å². The summed E-state index contributed by atoms with van der Waals surface area (Å²) in [5.41, 5.74) is 3.17. The van der Waals surface area contributed by atoms with Gasteiger partial charge in [0.1, 0.15) is 10.8 Å². The van der Waals surface area contributed by atoms with Gasteiger partial charge in [0.05, 0.1) is 14.7 Å². The Morgan fingerprint density at radius 2 is 2.00 bits per heavy atom. The molecular weight excluding hydrogens is 310 g/mol. The highest BCUT2D eigenvalue weighted by Gasteiger charge is 2.08. The Hall–Kier alpha value is -1.39. The van der Waals surface area contributed by atoms with Crippen molar-refractivity contribution in [2.24, 2.45) is 0 Å². The molecule has 0 atom stereocenters. The van der Waals surface area contributed by atoms with Crippen LogP contribution in [0.4, 0.5) is 0 Å². The topological polar surface area (TPSA) is 33.1 Å². The van der Waals surface area contributed by atoms with E-state index < -0.39 is 0 Å². The molecule has 1 aromatic heterocycles. The van der Waals surface area contributed by atoms with E-state index in [0.717, 1.165) is 16.1 Å². The zero-order valence-electron chi connectivity index (χ0n) is 9.64. The number of aromatic nitrogens is 1. The van der Waals surface area contributed by atoms with Crippen LogP contribution in [0.15, 0.2) is 40.9 Å². The minimum absolute atomic E-state index is 0.239. The molecule has 1 heterocycles. The van der Waals surface area contributed by atoms with Gasteiger partial charge in [0.2, 0.25) is 0 Å². The van der Waals surface area contributed by atoms with E-state index in [-0.39, 0.29) is 5.75 Å². The molecule has 0 saturated carbocycles. The summed E-state index contributed by atoms with van der Waals surface area (Å²) in [4.78, 5) is 4.59. The molecule has 0 aliphatic carbocycles. The summed E-state index contributed by atoms with van der Waals surface area (Å²) in [6.45, 7) is 2.07. The van der Waals surface area contributed by atoms with Crippen LogP contribution in [0.2, 0.25) is 0 Å². The molecule has 0 amide bonds. The van der Waals surface area contributed by atoms with E-state index >= 15 is 0 Å². The van der Waals surface area contributed by atoms with Crippen molar-refractivity contribution in [1.29, 1.82) is 0 Å². The molecule has 2 nitrogen and oxygen atoms in total. The molecule has 0 radical (unpaired) electrons. The van der Waals surface area contributed by atoms with Gasteiger partial charge in [0.25, 0.3) is 0 Å². The van der Waals surface area contributed by atoms with Gasteiger partial charge in [-0.3, -0.25) is 0 Å². The fraction of sp³-hybridized carbons (Fsp3) is 0.0714. The number of phenols is 1. The number of aromatic hydroxyl groups is 1. The van der Waals surface area contributed by atoms with Crippen molar-refractivity contribution in [3.05, 3.63) is 46.4 Å². The van der Waals surface area contributed by atoms with Gasteiger partial charge in [0.15, 0.2) is 0 Å². The maximum Gasteiger partial charge on any atom is 0.130 e. The Kier molecular flexibility index (Phi) is 2.84. The number of benzene rings is 2. The molecule has 0 aliphatic rings. The number of rotatable bonds is 1. The van der Waals surface area contributed by atoms with Crippen molar-refractivity contribution in [2.75, 3.05) is 0 Å². The predicted molar refractivity (Wildman–Crippen MR) is 79.2 cm³/mol. The van der Waals surface area contributed by atoms with Gasteiger partial charge in [-0.2, -0.15) is 0 Å². The summed E-state index contributed by atoms with van der Waals surface area (Å²) in [6.07, 6.45) is 0. The van der Waals surface area contributed by atoms with Crippen LogP contribution in [-0.2, 0) is 0 Å². The van der Waals surface area contributed by atoms with Crippen LogP contribution in [0.5, 0.6) is 5.75 Å². The lowest BCUT2D eigenvalue weighted by Gasteiger charge is -1.99. The second kappa shape index (κ2) is 4.37. The quantitative estimate of drug-likeness (QED) is 0.702. The SMILES string of the molecule is Cc1ccc2nc(-c3ccc(Br)c(O)c3)sc2c1. The number of halogens is 1. The van der Waals surface area contributed by atoms with E-state index in [1.165, 1.54) is 10.3 Å². The Morgan fingerprint density at radius 3 is 2.78 bits per heavy atom. The van der Waals surface area contributed by atoms with Gasteiger partial charge in [-0.05, 0) is 52.7 Å². The summed E-state index contributed by atoms with van der Waals surface area (Å²) in [5, 5.41) is 10.6. The van der Waals surface area contributed by atoms with Gasteiger partial charge in [0, 0.05) is 5.56 Å². The molecule has 90 valence electrons. The standard InChI is InChI=1S/C14H10BrNOS/c1-8-2-5-11-13(6-8)18-14(16-11)9-3-4-10(15)12(17)7-9/h2-7,17H,1H3. The summed E-state index contributed by atoms with van der Waals surface area (Å²) in [5.74, 6) is 0.239. The van der Waals surface area contributed by atoms with Gasteiger partial charge in [-0.15, -0.1) is 11.3 Å². The molecule has 0 spiro atoms. The number of nitrogens with zero attached hydrogens (tertiary/aromatic N) is 1. The summed E-state index contributed by atoms with van der Waals surface area (Å²) >= 11 is 4.92. The first-order valence-electron chi connectivity index (χ1n) is 5.49. The summed E-state index contributed by atoms with van der Waals surface area (Å²) in [6, 6.07) is 11.7. The van der Waals surface area contributed by atoms with E-state index in [1.807, 2.05) is 18.2 Å². The van der Waals surface area contributed by atoms with Crippen LogP contribution in [0.25, 0.3) is 20.8 Å². The second-order valence-corrected chi connectivity index (χ2v) is 6.04. The van der Waals surface area contributed by atoms with E-state index in [4.69, 9.17) is 0 Å². The number of hydrogen-bond acceptors (Lipinski definition) is 3. The predicted octanol–water partition coefficient (Wildman–Crippen LogP) is 4.74. The maximum absolute atomic E-state index is 9.71. The number of thiazole rings is 1. The minimum atomic E-state index is 0.239. The van der Waals surface area contributed by atoms with Crippen LogP contribution in [0.3, 0.4) is 0 Å². The van der Waals surface area contributed by atoms with Crippen molar-refractivity contribution in [1.82, 2.24) is 4.98 Å². The lowest BCUT2D eigenvalue weighted by molar-refractivity contribution is 0.472. The van der Waals surface area contributed by atoms with Crippen LogP contribution >= 0.6 is 27.3 Å². The van der Waals surface area contributed by atoms with Crippen molar-refractivity contribution < 1.29 is 5.11 Å². The van der Waals surface area contributed by atoms with Gasteiger partial charge in [-0.1, -0.05) is 12.1 Å². The van der Waals surface area contributed by atoms with Crippen molar-refractivity contribution in [2.45, 2.75) is 6.92 Å². The molecular formula is C14H10BrNOS. The summed E-state index contributed by atoms with van der Waals surface area (Å²) < 4.78 is 1.87. The lowest BCUT2D eigenvalue weighted by atomic mass is 10.2. The van der Waals surface area contributed by atoms with Crippen LogP contribution in [0, 0.1) is 6.92 Å². The van der Waals surface area contributed by atoms with E-state index in [9.17, 15) is 5.11 Å². The number of hydrogen-bond donors (Lipinski definition) is 1. The first-order chi connectivity index (χ1) is 8.63. The van der Waals surface area contributed by atoms with Crippen molar-refractivity contribution in [3.8, 4) is 16.3 Å². The maximum atomic E-state index is 9.71. The Bertz CT molecular complexity index is 736. The third-order valence-electron chi connectivity index (χ3n) is 2.74. The zero-order valence-corrected chi connectivity index (χ0v) is 12.0. The zero-order chi connectivity index (χ0) is 12.7. The van der Waals surface area contributed by atoms with E-state index in [1.54, 1.807) is 17.4 Å². The Balaban J connectivity index is 2.16. The fourth-order valence-corrected chi connectivity index (χ4v) is 3.11. The molecule has 4 heteroatoms. The molecule has 2 aromatic carbocycles. The molecule has 0 aliphatic heterocycles. The number of phenolic OH excluding ortho intramolecular Hbond substituents is 1. The highest BCUT2D eigenvalue weighted by atomic mass is 79.9. The van der Waals surface area contributed by atoms with Gasteiger partial charge < -0.3 is 5.11 Å². The van der Waals surface area contributed by atoms with E-state index in [0.29, 0.717) is 4.47 Å². The van der Waals surface area contributed by atoms with Crippen molar-refractivity contribution in [3.63, 3.8) is 0 Å². The van der Waals surface area contributed by atoms with Crippen LogP contribution in [-0.4, -0.2) is 10.1 Å². The smallest absolute Gasteiger partial charge is 0.130 e. The lowest BCUT2D eigenvalue weighted by Crippen LogP contribution is -1.76. The Morgan fingerprint density at radius 1 is 1.17 bits per heavy atom. The third-order valence-corrected chi connectivity index (χ3v) is 4.47. The molecule has 18 heavy (non-hydrogen) atoms. The molecule has 0 fully saturated rings. The first kappa shape index (κ1) is 11.7. The van der Waals surface area contributed by atoms with Crippen LogP contribution < -0.4 is 0 Å². The average molecular weight is 320 g/mol.